The van der Waals surface area contributed by atoms with Gasteiger partial charge in [0.2, 0.25) is 0 Å². The van der Waals surface area contributed by atoms with E-state index in [1.165, 1.54) is 0 Å². The number of hydrogen-bond donors (Lipinski definition) is 3. The first kappa shape index (κ1) is 17.3. The van der Waals surface area contributed by atoms with E-state index >= 15 is 0 Å². The van der Waals surface area contributed by atoms with Crippen molar-refractivity contribution in [3.05, 3.63) is 29.3 Å². The lowest BCUT2D eigenvalue weighted by Gasteiger charge is -2.21. The zero-order valence-electron chi connectivity index (χ0n) is 11.2. The van der Waals surface area contributed by atoms with Crippen LogP contribution in [-0.2, 0) is 15.7 Å². The Balaban J connectivity index is 3.03. The van der Waals surface area contributed by atoms with Crippen LogP contribution in [-0.4, -0.2) is 28.9 Å². The Morgan fingerprint density at radius 1 is 1.38 bits per heavy atom. The van der Waals surface area contributed by atoms with Crippen LogP contribution in [0.15, 0.2) is 18.2 Å². The van der Waals surface area contributed by atoms with E-state index in [1.54, 1.807) is 6.92 Å². The van der Waals surface area contributed by atoms with Crippen molar-refractivity contribution in [1.29, 1.82) is 0 Å². The molecule has 2 unspecified atom stereocenters. The molecule has 0 aromatic heterocycles. The molecule has 0 saturated carbocycles. The predicted octanol–water partition coefficient (Wildman–Crippen LogP) is 1.64. The highest BCUT2D eigenvalue weighted by Crippen LogP contribution is 2.36. The van der Waals surface area contributed by atoms with Crippen molar-refractivity contribution in [3.63, 3.8) is 0 Å². The lowest BCUT2D eigenvalue weighted by atomic mass is 9.96. The molecule has 5 nitrogen and oxygen atoms in total. The van der Waals surface area contributed by atoms with Crippen molar-refractivity contribution < 1.29 is 32.9 Å². The molecule has 1 rings (SSSR count). The van der Waals surface area contributed by atoms with E-state index < -0.39 is 41.9 Å². The Kier molecular flexibility index (Phi) is 5.56. The van der Waals surface area contributed by atoms with Crippen LogP contribution in [0.2, 0.25) is 0 Å². The van der Waals surface area contributed by atoms with Gasteiger partial charge in [0.1, 0.15) is 6.10 Å². The van der Waals surface area contributed by atoms with Gasteiger partial charge >= 0.3 is 12.1 Å². The SMILES string of the molecule is CCOC(=O)CC(O)C(O)c1cc(N)ccc1C(F)(F)F. The number of nitrogen functional groups attached to an aromatic ring is 1. The van der Waals surface area contributed by atoms with Crippen molar-refractivity contribution in [1.82, 2.24) is 0 Å². The molecule has 0 bridgehead atoms. The summed E-state index contributed by atoms with van der Waals surface area (Å²) in [6.07, 6.45) is -8.98. The van der Waals surface area contributed by atoms with Gasteiger partial charge in [0.05, 0.1) is 24.7 Å². The van der Waals surface area contributed by atoms with Gasteiger partial charge in [-0.15, -0.1) is 0 Å². The highest BCUT2D eigenvalue weighted by molar-refractivity contribution is 5.70. The number of anilines is 1. The molecule has 2 atom stereocenters. The largest absolute Gasteiger partial charge is 0.466 e. The van der Waals surface area contributed by atoms with E-state index in [2.05, 4.69) is 4.74 Å². The maximum Gasteiger partial charge on any atom is 0.416 e. The number of aliphatic hydroxyl groups excluding tert-OH is 2. The second kappa shape index (κ2) is 6.77. The van der Waals surface area contributed by atoms with Crippen molar-refractivity contribution in [2.75, 3.05) is 12.3 Å². The van der Waals surface area contributed by atoms with Crippen molar-refractivity contribution in [2.24, 2.45) is 0 Å². The fraction of sp³-hybridized carbons (Fsp3) is 0.462. The molecule has 0 aliphatic heterocycles. The number of carbonyl (C=O) groups is 1. The van der Waals surface area contributed by atoms with E-state index in [-0.39, 0.29) is 12.3 Å². The van der Waals surface area contributed by atoms with Crippen LogP contribution in [0.25, 0.3) is 0 Å². The maximum atomic E-state index is 12.9. The zero-order chi connectivity index (χ0) is 16.2. The van der Waals surface area contributed by atoms with Crippen LogP contribution in [0.3, 0.4) is 0 Å². The standard InChI is InChI=1S/C13H16F3NO4/c1-2-21-11(19)6-10(18)12(20)8-5-7(17)3-4-9(8)13(14,15)16/h3-5,10,12,18,20H,2,6,17H2,1H3. The third kappa shape index (κ3) is 4.61. The highest BCUT2D eigenvalue weighted by Gasteiger charge is 2.36. The summed E-state index contributed by atoms with van der Waals surface area (Å²) in [6.45, 7) is 1.61. The summed E-state index contributed by atoms with van der Waals surface area (Å²) >= 11 is 0. The molecule has 118 valence electrons. The highest BCUT2D eigenvalue weighted by atomic mass is 19.4. The summed E-state index contributed by atoms with van der Waals surface area (Å²) in [5.74, 6) is -0.818. The van der Waals surface area contributed by atoms with Gasteiger partial charge in [0.25, 0.3) is 0 Å². The van der Waals surface area contributed by atoms with E-state index in [9.17, 15) is 28.2 Å². The molecule has 4 N–H and O–H groups in total. The minimum Gasteiger partial charge on any atom is -0.466 e. The number of nitrogens with two attached hydrogens (primary N) is 1. The maximum absolute atomic E-state index is 12.9. The van der Waals surface area contributed by atoms with Crippen molar-refractivity contribution in [3.8, 4) is 0 Å². The van der Waals surface area contributed by atoms with Gasteiger partial charge < -0.3 is 20.7 Å². The minimum absolute atomic E-state index is 0.000356. The van der Waals surface area contributed by atoms with E-state index in [4.69, 9.17) is 5.73 Å². The second-order valence-corrected chi connectivity index (χ2v) is 4.37. The molecule has 0 spiro atoms. The molecular weight excluding hydrogens is 291 g/mol. The van der Waals surface area contributed by atoms with Crippen LogP contribution < -0.4 is 5.73 Å². The van der Waals surface area contributed by atoms with E-state index in [0.717, 1.165) is 12.1 Å². The first-order valence-corrected chi connectivity index (χ1v) is 6.15. The molecular formula is C13H16F3NO4. The quantitative estimate of drug-likeness (QED) is 0.568. The topological polar surface area (TPSA) is 92.8 Å². The molecule has 8 heteroatoms. The van der Waals surface area contributed by atoms with Crippen molar-refractivity contribution in [2.45, 2.75) is 31.7 Å². The minimum atomic E-state index is -4.71. The molecule has 0 saturated heterocycles. The Morgan fingerprint density at radius 3 is 2.52 bits per heavy atom. The number of ether oxygens (including phenoxy) is 1. The molecule has 0 amide bonds. The number of benzene rings is 1. The van der Waals surface area contributed by atoms with Crippen LogP contribution in [0.5, 0.6) is 0 Å². The Morgan fingerprint density at radius 2 is 2.00 bits per heavy atom. The number of hydrogen-bond acceptors (Lipinski definition) is 5. The monoisotopic (exact) mass is 307 g/mol. The Bertz CT molecular complexity index is 505. The van der Waals surface area contributed by atoms with Gasteiger partial charge in [-0.3, -0.25) is 4.79 Å². The average molecular weight is 307 g/mol. The molecule has 1 aromatic rings. The fourth-order valence-electron chi connectivity index (χ4n) is 1.79. The van der Waals surface area contributed by atoms with Crippen LogP contribution in [0, 0.1) is 0 Å². The third-order valence-corrected chi connectivity index (χ3v) is 2.75. The number of halogens is 3. The normalized spacial score (nSPS) is 14.6. The number of carbonyl (C=O) groups excluding carboxylic acids is 1. The van der Waals surface area contributed by atoms with Crippen LogP contribution in [0.4, 0.5) is 18.9 Å². The number of aliphatic hydroxyl groups is 2. The third-order valence-electron chi connectivity index (χ3n) is 2.75. The molecule has 1 aromatic carbocycles. The molecule has 0 fully saturated rings. The van der Waals surface area contributed by atoms with Gasteiger partial charge in [-0.1, -0.05) is 0 Å². The van der Waals surface area contributed by atoms with Gasteiger partial charge in [0.15, 0.2) is 0 Å². The van der Waals surface area contributed by atoms with Gasteiger partial charge in [0, 0.05) is 5.69 Å². The molecule has 21 heavy (non-hydrogen) atoms. The molecule has 0 aliphatic carbocycles. The summed E-state index contributed by atoms with van der Waals surface area (Å²) in [6, 6.07) is 2.67. The Labute approximate surface area is 119 Å². The second-order valence-electron chi connectivity index (χ2n) is 4.37. The van der Waals surface area contributed by atoms with Crippen molar-refractivity contribution >= 4 is 11.7 Å². The summed E-state index contributed by atoms with van der Waals surface area (Å²) in [7, 11) is 0. The average Bonchev–Trinajstić information content (AvgIpc) is 2.36. The molecule has 0 aliphatic rings. The first-order valence-electron chi connectivity index (χ1n) is 6.15. The predicted molar refractivity (Wildman–Crippen MR) is 68.1 cm³/mol. The lowest BCUT2D eigenvalue weighted by molar-refractivity contribution is -0.147. The lowest BCUT2D eigenvalue weighted by Crippen LogP contribution is -2.25. The van der Waals surface area contributed by atoms with E-state index in [1.807, 2.05) is 0 Å². The van der Waals surface area contributed by atoms with E-state index in [0.29, 0.717) is 6.07 Å². The molecule has 0 heterocycles. The van der Waals surface area contributed by atoms with Gasteiger partial charge in [-0.25, -0.2) is 0 Å². The Hall–Kier alpha value is -1.80. The molecule has 0 radical (unpaired) electrons. The number of esters is 1. The van der Waals surface area contributed by atoms with Gasteiger partial charge in [-0.2, -0.15) is 13.2 Å². The smallest absolute Gasteiger partial charge is 0.416 e. The number of rotatable bonds is 5. The summed E-state index contributed by atoms with van der Waals surface area (Å²) < 4.78 is 43.1. The summed E-state index contributed by atoms with van der Waals surface area (Å²) in [5, 5.41) is 19.6. The fourth-order valence-corrected chi connectivity index (χ4v) is 1.79. The van der Waals surface area contributed by atoms with Crippen LogP contribution >= 0.6 is 0 Å². The summed E-state index contributed by atoms with van der Waals surface area (Å²) in [4.78, 5) is 11.2. The zero-order valence-corrected chi connectivity index (χ0v) is 11.2. The van der Waals surface area contributed by atoms with Gasteiger partial charge in [-0.05, 0) is 30.7 Å². The summed E-state index contributed by atoms with van der Waals surface area (Å²) in [5.41, 5.74) is 3.70. The van der Waals surface area contributed by atoms with Crippen LogP contribution in [0.1, 0.15) is 30.6 Å². The first-order chi connectivity index (χ1) is 9.66. The number of alkyl halides is 3.